The summed E-state index contributed by atoms with van der Waals surface area (Å²) in [7, 11) is 1.90. The number of rotatable bonds is 3. The van der Waals surface area contributed by atoms with Gasteiger partial charge in [-0.1, -0.05) is 24.6 Å². The minimum absolute atomic E-state index is 0.250. The van der Waals surface area contributed by atoms with Crippen molar-refractivity contribution in [2.75, 3.05) is 20.2 Å². The molecule has 1 aromatic heterocycles. The van der Waals surface area contributed by atoms with Gasteiger partial charge in [0.2, 0.25) is 0 Å². The predicted molar refractivity (Wildman–Crippen MR) is 107 cm³/mol. The third-order valence-electron chi connectivity index (χ3n) is 6.25. The lowest BCUT2D eigenvalue weighted by atomic mass is 9.76. The number of methoxy groups -OCH3 is 1. The zero-order valence-corrected chi connectivity index (χ0v) is 16.4. The molecule has 1 aromatic carbocycles. The SMILES string of the molecule is CO[C@@H]1CCC[C@@]12CCCN(Cc1ccc(C)c3ncccc13)C2.O=CO. The van der Waals surface area contributed by atoms with E-state index in [9.17, 15) is 0 Å². The molecule has 0 bridgehead atoms. The average molecular weight is 370 g/mol. The van der Waals surface area contributed by atoms with Crippen molar-refractivity contribution in [1.82, 2.24) is 9.88 Å². The third kappa shape index (κ3) is 4.14. The van der Waals surface area contributed by atoms with Crippen LogP contribution in [0, 0.1) is 12.3 Å². The number of aryl methyl sites for hydroxylation is 1. The number of benzene rings is 1. The summed E-state index contributed by atoms with van der Waals surface area (Å²) in [6, 6.07) is 8.79. The Hall–Kier alpha value is -1.98. The van der Waals surface area contributed by atoms with E-state index in [4.69, 9.17) is 14.6 Å². The van der Waals surface area contributed by atoms with Gasteiger partial charge in [-0.25, -0.2) is 0 Å². The topological polar surface area (TPSA) is 62.7 Å². The van der Waals surface area contributed by atoms with E-state index in [-0.39, 0.29) is 6.47 Å². The number of fused-ring (bicyclic) bond motifs is 1. The summed E-state index contributed by atoms with van der Waals surface area (Å²) < 4.78 is 5.85. The van der Waals surface area contributed by atoms with Crippen molar-refractivity contribution in [2.24, 2.45) is 5.41 Å². The van der Waals surface area contributed by atoms with Gasteiger partial charge in [-0.2, -0.15) is 0 Å². The Morgan fingerprint density at radius 2 is 2.11 bits per heavy atom. The quantitative estimate of drug-likeness (QED) is 0.827. The van der Waals surface area contributed by atoms with Crippen molar-refractivity contribution >= 4 is 17.4 Å². The number of aromatic nitrogens is 1. The molecule has 2 heterocycles. The minimum atomic E-state index is -0.250. The summed E-state index contributed by atoms with van der Waals surface area (Å²) in [5.41, 5.74) is 4.22. The second-order valence-electron chi connectivity index (χ2n) is 7.84. The zero-order valence-electron chi connectivity index (χ0n) is 16.4. The highest BCUT2D eigenvalue weighted by Gasteiger charge is 2.45. The van der Waals surface area contributed by atoms with Gasteiger partial charge in [0.05, 0.1) is 11.6 Å². The maximum absolute atomic E-state index is 8.36. The summed E-state index contributed by atoms with van der Waals surface area (Å²) >= 11 is 0. The Bertz CT molecular complexity index is 779. The average Bonchev–Trinajstić information content (AvgIpc) is 3.06. The van der Waals surface area contributed by atoms with Gasteiger partial charge in [0.15, 0.2) is 0 Å². The zero-order chi connectivity index (χ0) is 19.3. The lowest BCUT2D eigenvalue weighted by Gasteiger charge is -2.43. The largest absolute Gasteiger partial charge is 0.483 e. The first-order valence-corrected chi connectivity index (χ1v) is 9.80. The van der Waals surface area contributed by atoms with Gasteiger partial charge in [0.25, 0.3) is 6.47 Å². The van der Waals surface area contributed by atoms with E-state index >= 15 is 0 Å². The van der Waals surface area contributed by atoms with Crippen LogP contribution in [0.3, 0.4) is 0 Å². The Morgan fingerprint density at radius 1 is 1.33 bits per heavy atom. The van der Waals surface area contributed by atoms with E-state index in [1.54, 1.807) is 0 Å². The lowest BCUT2D eigenvalue weighted by molar-refractivity contribution is -0.122. The molecule has 1 saturated carbocycles. The summed E-state index contributed by atoms with van der Waals surface area (Å²) in [5.74, 6) is 0. The molecule has 0 unspecified atom stereocenters. The molecule has 0 amide bonds. The molecule has 1 aliphatic heterocycles. The third-order valence-corrected chi connectivity index (χ3v) is 6.25. The number of likely N-dealkylation sites (tertiary alicyclic amines) is 1. The number of carboxylic acid groups (broad SMARTS) is 1. The first-order valence-electron chi connectivity index (χ1n) is 9.80. The van der Waals surface area contributed by atoms with Crippen LogP contribution >= 0.6 is 0 Å². The number of hydrogen-bond donors (Lipinski definition) is 1. The molecule has 2 aliphatic rings. The number of nitrogens with zero attached hydrogens (tertiary/aromatic N) is 2. The van der Waals surface area contributed by atoms with Crippen LogP contribution in [-0.2, 0) is 16.1 Å². The van der Waals surface area contributed by atoms with Crippen LogP contribution in [0.1, 0.15) is 43.2 Å². The molecule has 2 fully saturated rings. The van der Waals surface area contributed by atoms with Gasteiger partial charge in [0.1, 0.15) is 0 Å². The fourth-order valence-corrected chi connectivity index (χ4v) is 5.09. The number of ether oxygens (including phenoxy) is 1. The van der Waals surface area contributed by atoms with Gasteiger partial charge in [-0.15, -0.1) is 0 Å². The number of hydrogen-bond acceptors (Lipinski definition) is 4. The molecule has 2 aromatic rings. The van der Waals surface area contributed by atoms with Crippen LogP contribution < -0.4 is 0 Å². The summed E-state index contributed by atoms with van der Waals surface area (Å²) in [6.45, 7) is 5.31. The van der Waals surface area contributed by atoms with E-state index in [0.717, 1.165) is 12.1 Å². The Balaban J connectivity index is 0.000000659. The lowest BCUT2D eigenvalue weighted by Crippen LogP contribution is -2.47. The second-order valence-corrected chi connectivity index (χ2v) is 7.84. The van der Waals surface area contributed by atoms with Crippen molar-refractivity contribution in [3.8, 4) is 0 Å². The molecule has 1 spiro atoms. The highest BCUT2D eigenvalue weighted by atomic mass is 16.5. The summed E-state index contributed by atoms with van der Waals surface area (Å²) in [5, 5.41) is 8.20. The normalized spacial score (nSPS) is 25.3. The van der Waals surface area contributed by atoms with Crippen molar-refractivity contribution in [3.05, 3.63) is 41.6 Å². The summed E-state index contributed by atoms with van der Waals surface area (Å²) in [4.78, 5) is 15.6. The van der Waals surface area contributed by atoms with Crippen LogP contribution in [0.15, 0.2) is 30.5 Å². The van der Waals surface area contributed by atoms with Crippen LogP contribution in [0.5, 0.6) is 0 Å². The molecule has 1 N–H and O–H groups in total. The maximum atomic E-state index is 8.36. The van der Waals surface area contributed by atoms with Crippen molar-refractivity contribution in [1.29, 1.82) is 0 Å². The fourth-order valence-electron chi connectivity index (χ4n) is 5.09. The molecule has 5 nitrogen and oxygen atoms in total. The van der Waals surface area contributed by atoms with Crippen molar-refractivity contribution < 1.29 is 14.6 Å². The first kappa shape index (κ1) is 19.8. The molecule has 2 atom stereocenters. The van der Waals surface area contributed by atoms with E-state index in [2.05, 4.69) is 41.1 Å². The first-order chi connectivity index (χ1) is 13.1. The van der Waals surface area contributed by atoms with E-state index < -0.39 is 0 Å². The Kier molecular flexibility index (Phi) is 6.45. The van der Waals surface area contributed by atoms with Crippen LogP contribution in [0.25, 0.3) is 10.9 Å². The van der Waals surface area contributed by atoms with Gasteiger partial charge in [0, 0.05) is 37.2 Å². The molecule has 5 heteroatoms. The van der Waals surface area contributed by atoms with E-state index in [1.165, 1.54) is 61.7 Å². The number of carbonyl (C=O) groups is 1. The number of piperidine rings is 1. The van der Waals surface area contributed by atoms with Crippen LogP contribution in [0.4, 0.5) is 0 Å². The van der Waals surface area contributed by atoms with E-state index in [1.807, 2.05) is 13.3 Å². The highest BCUT2D eigenvalue weighted by Crippen LogP contribution is 2.46. The second kappa shape index (κ2) is 8.81. The van der Waals surface area contributed by atoms with Gasteiger partial charge in [-0.3, -0.25) is 14.7 Å². The predicted octanol–water partition coefficient (Wildman–Crippen LogP) is 4.03. The smallest absolute Gasteiger partial charge is 0.290 e. The minimum Gasteiger partial charge on any atom is -0.483 e. The standard InChI is InChI=1S/C21H28N2O.CH2O2/c1-16-8-9-17(18-6-4-12-22-20(16)18)14-23-13-5-11-21(15-23)10-3-7-19(21)24-2;2-1-3/h4,6,8-9,12,19H,3,5,7,10-11,13-15H2,1-2H3;1H,(H,2,3)/t19-,21+;/m1./s1. The monoisotopic (exact) mass is 370 g/mol. The molecule has 0 radical (unpaired) electrons. The van der Waals surface area contributed by atoms with Gasteiger partial charge >= 0.3 is 0 Å². The molecule has 146 valence electrons. The molecule has 1 aliphatic carbocycles. The van der Waals surface area contributed by atoms with Crippen LogP contribution in [0.2, 0.25) is 0 Å². The summed E-state index contributed by atoms with van der Waals surface area (Å²) in [6.07, 6.45) is 8.87. The highest BCUT2D eigenvalue weighted by molar-refractivity contribution is 5.84. The van der Waals surface area contributed by atoms with Crippen LogP contribution in [-0.4, -0.2) is 47.8 Å². The van der Waals surface area contributed by atoms with Crippen molar-refractivity contribution in [2.45, 2.75) is 51.7 Å². The van der Waals surface area contributed by atoms with Gasteiger partial charge < -0.3 is 9.84 Å². The van der Waals surface area contributed by atoms with Gasteiger partial charge in [-0.05, 0) is 56.3 Å². The molecule has 4 rings (SSSR count). The Labute approximate surface area is 161 Å². The Morgan fingerprint density at radius 3 is 2.89 bits per heavy atom. The maximum Gasteiger partial charge on any atom is 0.290 e. The molecule has 1 saturated heterocycles. The number of pyridine rings is 1. The fraction of sp³-hybridized carbons (Fsp3) is 0.545. The molecular formula is C22H30N2O3. The van der Waals surface area contributed by atoms with Crippen molar-refractivity contribution in [3.63, 3.8) is 0 Å². The van der Waals surface area contributed by atoms with E-state index in [0.29, 0.717) is 11.5 Å². The molecular weight excluding hydrogens is 340 g/mol. The molecule has 27 heavy (non-hydrogen) atoms.